The van der Waals surface area contributed by atoms with Crippen molar-refractivity contribution in [2.24, 2.45) is 0 Å². The Morgan fingerprint density at radius 1 is 0.464 bits per heavy atom. The lowest BCUT2D eigenvalue weighted by Crippen LogP contribution is -2.44. The Kier molecular flexibility index (Phi) is 26.2. The van der Waals surface area contributed by atoms with Crippen molar-refractivity contribution in [3.8, 4) is 52.8 Å². The Hall–Kier alpha value is -11.0. The number of fused-ring (bicyclic) bond motifs is 9. The molecule has 5 aromatic heterocycles. The maximum atomic E-state index is 13.1. The minimum atomic E-state index is -0.390. The molecule has 0 saturated carbocycles. The van der Waals surface area contributed by atoms with Crippen LogP contribution in [0.3, 0.4) is 0 Å². The first-order valence-electron chi connectivity index (χ1n) is 37.1. The molecule has 22 nitrogen and oxygen atoms in total. The fourth-order valence-corrected chi connectivity index (χ4v) is 15.1. The van der Waals surface area contributed by atoms with E-state index in [1.54, 1.807) is 58.9 Å². The van der Waals surface area contributed by atoms with Gasteiger partial charge in [-0.15, -0.1) is 22.9 Å². The molecular weight excluding hydrogens is 1450 g/mol. The van der Waals surface area contributed by atoms with Crippen molar-refractivity contribution < 1.29 is 42.8 Å². The number of piperazine rings is 1. The van der Waals surface area contributed by atoms with Gasteiger partial charge >= 0.3 is 18.3 Å². The molecule has 1 fully saturated rings. The van der Waals surface area contributed by atoms with Crippen LogP contribution in [-0.2, 0) is 46.6 Å². The molecular formula is C85H88Cl3N13O9. The number of H-pyrrole nitrogens is 3. The van der Waals surface area contributed by atoms with E-state index in [9.17, 15) is 14.4 Å². The summed E-state index contributed by atoms with van der Waals surface area (Å²) in [5, 5.41) is 13.1. The molecule has 6 aromatic carbocycles. The van der Waals surface area contributed by atoms with Crippen molar-refractivity contribution in [1.29, 1.82) is 0 Å². The summed E-state index contributed by atoms with van der Waals surface area (Å²) >= 11 is 18.9. The van der Waals surface area contributed by atoms with Gasteiger partial charge in [-0.25, -0.2) is 19.4 Å². The smallest absolute Gasteiger partial charge is 0.411 e. The second kappa shape index (κ2) is 37.4. The quantitative estimate of drug-likeness (QED) is 0.0346. The van der Waals surface area contributed by atoms with Gasteiger partial charge in [0.25, 0.3) is 0 Å². The van der Waals surface area contributed by atoms with Gasteiger partial charge in [0.2, 0.25) is 0 Å². The van der Waals surface area contributed by atoms with Gasteiger partial charge in [0.05, 0.1) is 32.3 Å². The molecule has 110 heavy (non-hydrogen) atoms. The van der Waals surface area contributed by atoms with Gasteiger partial charge in [0, 0.05) is 155 Å². The zero-order valence-electron chi connectivity index (χ0n) is 62.1. The maximum Gasteiger partial charge on any atom is 0.411 e. The molecule has 25 heteroatoms. The number of aromatic amines is 3. The summed E-state index contributed by atoms with van der Waals surface area (Å²) in [6.07, 6.45) is 12.7. The predicted molar refractivity (Wildman–Crippen MR) is 427 cm³/mol. The highest BCUT2D eigenvalue weighted by atomic mass is 35.5. The molecule has 15 rings (SSSR count). The number of rotatable bonds is 21. The van der Waals surface area contributed by atoms with Crippen LogP contribution in [0.5, 0.6) is 17.2 Å². The number of carbonyl (C=O) groups is 3. The lowest BCUT2D eigenvalue weighted by atomic mass is 9.92. The highest BCUT2D eigenvalue weighted by Gasteiger charge is 2.39. The molecule has 1 saturated heterocycles. The maximum absolute atomic E-state index is 13.1. The van der Waals surface area contributed by atoms with Crippen LogP contribution < -0.4 is 14.2 Å². The monoisotopic (exact) mass is 1540 g/mol. The molecule has 0 bridgehead atoms. The molecule has 4 aliphatic heterocycles. The van der Waals surface area contributed by atoms with E-state index in [1.165, 1.54) is 16.7 Å². The van der Waals surface area contributed by atoms with Crippen LogP contribution in [0.1, 0.15) is 109 Å². The first kappa shape index (κ1) is 77.1. The van der Waals surface area contributed by atoms with Gasteiger partial charge in [-0.05, 0) is 184 Å². The minimum absolute atomic E-state index is 0.0646. The van der Waals surface area contributed by atoms with E-state index in [-0.39, 0.29) is 50.1 Å². The normalized spacial score (nSPS) is 15.9. The fraction of sp³-hybridized carbons (Fsp3) is 0.341. The number of nitrogens with one attached hydrogen (secondary N) is 3. The first-order valence-corrected chi connectivity index (χ1v) is 38.2. The molecule has 3 atom stereocenters. The Morgan fingerprint density at radius 3 is 1.20 bits per heavy atom. The summed E-state index contributed by atoms with van der Waals surface area (Å²) in [6.45, 7) is 16.0. The van der Waals surface area contributed by atoms with E-state index in [0.717, 1.165) is 155 Å². The van der Waals surface area contributed by atoms with E-state index in [2.05, 4.69) is 82.6 Å². The summed E-state index contributed by atoms with van der Waals surface area (Å²) in [7, 11) is 2.18. The van der Waals surface area contributed by atoms with Crippen molar-refractivity contribution in [3.63, 3.8) is 0 Å². The number of halogens is 3. The van der Waals surface area contributed by atoms with E-state index < -0.39 is 6.09 Å². The molecule has 3 unspecified atom stereocenters. The van der Waals surface area contributed by atoms with E-state index >= 15 is 0 Å². The lowest BCUT2D eigenvalue weighted by Gasteiger charge is -2.35. The number of likely N-dealkylation sites (N-methyl/N-ethyl adjacent to an activating group) is 1. The summed E-state index contributed by atoms with van der Waals surface area (Å²) in [6, 6.07) is 40.4. The van der Waals surface area contributed by atoms with Crippen molar-refractivity contribution >= 4 is 85.8 Å². The van der Waals surface area contributed by atoms with E-state index in [4.69, 9.17) is 63.2 Å². The number of imidazole rings is 1. The Morgan fingerprint density at radius 2 is 0.845 bits per heavy atom. The summed E-state index contributed by atoms with van der Waals surface area (Å²) < 4.78 is 38.1. The molecule has 0 radical (unpaired) electrons. The summed E-state index contributed by atoms with van der Waals surface area (Å²) in [5.41, 5.74) is 12.4. The number of amides is 3. The molecule has 0 spiro atoms. The number of nitrogens with zero attached hydrogens (tertiary/aromatic N) is 10. The summed E-state index contributed by atoms with van der Waals surface area (Å²) in [4.78, 5) is 64.0. The third-order valence-electron chi connectivity index (χ3n) is 20.0. The number of carbonyl (C=O) groups excluding carboxylic acids is 3. The SMILES string of the molecule is CC#CCOC(=O)N1CCc2c([nH]c3ccc(Cl)cc23)C1c1ccc(OCCCN2CCN(C)CC2)cc1.CC#CCOC(=O)N1CCc2c([nH]c3ccc(Cl)cc23)C1c1ccc(OCCCn2ccnc2)cc1.CC#CCOC(=O)N1CCc2c([nH]c3ccc(Cl)cc23)C1c1ccc(OCCCn2ccnn2)cc1. The Balaban J connectivity index is 0.000000145. The number of benzene rings is 6. The zero-order valence-corrected chi connectivity index (χ0v) is 64.3. The van der Waals surface area contributed by atoms with Crippen molar-refractivity contribution in [2.45, 2.75) is 90.5 Å². The van der Waals surface area contributed by atoms with Crippen LogP contribution in [-0.4, -0.2) is 181 Å². The van der Waals surface area contributed by atoms with Gasteiger partial charge in [-0.3, -0.25) is 19.4 Å². The van der Waals surface area contributed by atoms with Gasteiger partial charge in [0.15, 0.2) is 19.8 Å². The highest BCUT2D eigenvalue weighted by molar-refractivity contribution is 6.32. The number of ether oxygens (including phenoxy) is 6. The van der Waals surface area contributed by atoms with Crippen LogP contribution in [0, 0.1) is 35.5 Å². The third-order valence-corrected chi connectivity index (χ3v) is 20.7. The van der Waals surface area contributed by atoms with Crippen LogP contribution in [0.2, 0.25) is 15.1 Å². The number of aromatic nitrogens is 8. The Bertz CT molecular complexity index is 4920. The number of hydrogen-bond donors (Lipinski definition) is 3. The highest BCUT2D eigenvalue weighted by Crippen LogP contribution is 2.44. The third kappa shape index (κ3) is 19.0. The van der Waals surface area contributed by atoms with E-state index in [1.807, 2.05) is 144 Å². The van der Waals surface area contributed by atoms with Crippen LogP contribution in [0.25, 0.3) is 32.7 Å². The van der Waals surface area contributed by atoms with Gasteiger partial charge in [-0.1, -0.05) is 94.2 Å². The number of aryl methyl sites for hydroxylation is 2. The van der Waals surface area contributed by atoms with Crippen molar-refractivity contribution in [2.75, 3.05) is 99.0 Å². The standard InChI is InChI=1S/C30H35ClN4O3.C28H27ClN4O3.C27H26ClN5O3/c1-3-4-19-38-30(36)35-14-12-25-26-21-23(31)8-11-27(26)32-28(25)29(35)22-6-9-24(10-7-22)37-20-5-13-34-17-15-33(2)16-18-34;1-2-3-16-36-28(34)33-14-11-23-24-18-21(29)7-10-25(24)31-26(23)27(33)20-5-8-22(9-6-20)35-17-4-13-32-15-12-30-19-32;1-2-3-16-36-27(34)33-14-11-22-23-18-20(28)7-10-24(23)30-25(22)26(33)19-5-8-21(9-6-19)35-17-4-13-32-15-12-29-31-32/h6-11,21,29,32H,5,12-20H2,1-2H3;5-10,12,15,18-19,27,31H,4,11,13-14,16-17H2,1H3;5-10,12,15,18,26,30H,4,11,13-14,16-17H2,1H3. The molecule has 11 aromatic rings. The van der Waals surface area contributed by atoms with Gasteiger partial charge in [0.1, 0.15) is 35.4 Å². The molecule has 0 aliphatic carbocycles. The zero-order chi connectivity index (χ0) is 76.3. The Labute approximate surface area is 655 Å². The largest absolute Gasteiger partial charge is 0.494 e. The van der Waals surface area contributed by atoms with Crippen LogP contribution >= 0.6 is 34.8 Å². The predicted octanol–water partition coefficient (Wildman–Crippen LogP) is 15.5. The van der Waals surface area contributed by atoms with E-state index in [0.29, 0.717) is 67.4 Å². The average molecular weight is 1540 g/mol. The first-order chi connectivity index (χ1) is 53.8. The molecule has 4 aliphatic rings. The summed E-state index contributed by atoms with van der Waals surface area (Å²) in [5.74, 6) is 19.1. The molecule has 568 valence electrons. The van der Waals surface area contributed by atoms with Crippen LogP contribution in [0.4, 0.5) is 14.4 Å². The topological polar surface area (TPSA) is 219 Å². The lowest BCUT2D eigenvalue weighted by molar-refractivity contribution is 0.0986. The molecule has 9 heterocycles. The second-order valence-corrected chi connectivity index (χ2v) is 28.3. The van der Waals surface area contributed by atoms with Crippen molar-refractivity contribution in [3.05, 3.63) is 224 Å². The number of hydrogen-bond acceptors (Lipinski definition) is 14. The minimum Gasteiger partial charge on any atom is -0.494 e. The second-order valence-electron chi connectivity index (χ2n) is 27.0. The van der Waals surface area contributed by atoms with Gasteiger partial charge < -0.3 is 57.7 Å². The average Bonchev–Trinajstić information content (AvgIpc) is 1.60. The van der Waals surface area contributed by atoms with Gasteiger partial charge in [-0.2, -0.15) is 0 Å². The molecule has 3 amide bonds. The molecule has 3 N–H and O–H groups in total. The van der Waals surface area contributed by atoms with Crippen LogP contribution in [0.15, 0.2) is 159 Å². The fourth-order valence-electron chi connectivity index (χ4n) is 14.6. The van der Waals surface area contributed by atoms with Crippen molar-refractivity contribution in [1.82, 2.24) is 64.0 Å².